The van der Waals surface area contributed by atoms with Crippen molar-refractivity contribution < 1.29 is 4.79 Å². The number of carbonyl (C=O) groups excluding carboxylic acids is 1. The fraction of sp³-hybridized carbons (Fsp3) is 0.917. The number of rotatable bonds is 3. The van der Waals surface area contributed by atoms with Crippen molar-refractivity contribution >= 4 is 17.5 Å². The summed E-state index contributed by atoms with van der Waals surface area (Å²) in [6, 6.07) is 0.383. The lowest BCUT2D eigenvalue weighted by Crippen LogP contribution is -2.40. The number of alkyl halides is 1. The van der Waals surface area contributed by atoms with E-state index in [-0.39, 0.29) is 11.8 Å². The maximum absolute atomic E-state index is 11.8. The van der Waals surface area contributed by atoms with Crippen LogP contribution in [0.1, 0.15) is 45.4 Å². The Bertz CT molecular complexity index is 232. The molecule has 0 heterocycles. The van der Waals surface area contributed by atoms with Crippen LogP contribution in [-0.2, 0) is 4.79 Å². The van der Waals surface area contributed by atoms with E-state index in [0.717, 1.165) is 25.7 Å². The minimum atomic E-state index is 0.221. The van der Waals surface area contributed by atoms with Crippen molar-refractivity contribution in [2.24, 2.45) is 11.8 Å². The molecule has 2 saturated carbocycles. The lowest BCUT2D eigenvalue weighted by molar-refractivity contribution is -0.126. The molecule has 0 radical (unpaired) electrons. The second kappa shape index (κ2) is 4.73. The summed E-state index contributed by atoms with van der Waals surface area (Å²) >= 11 is 6.03. The zero-order valence-electron chi connectivity index (χ0n) is 9.34. The summed E-state index contributed by atoms with van der Waals surface area (Å²) in [5.41, 5.74) is 0. The van der Waals surface area contributed by atoms with E-state index in [9.17, 15) is 4.79 Å². The zero-order valence-corrected chi connectivity index (χ0v) is 10.1. The van der Waals surface area contributed by atoms with Crippen molar-refractivity contribution in [2.45, 2.75) is 56.9 Å². The second-order valence-electron chi connectivity index (χ2n) is 5.08. The number of nitrogens with one attached hydrogen (secondary N) is 1. The maximum Gasteiger partial charge on any atom is 0.223 e. The lowest BCUT2D eigenvalue weighted by Gasteiger charge is -2.27. The average Bonchev–Trinajstić information content (AvgIpc) is 3.04. The first-order valence-electron chi connectivity index (χ1n) is 6.11. The molecule has 2 rings (SSSR count). The average molecular weight is 230 g/mol. The molecule has 2 fully saturated rings. The van der Waals surface area contributed by atoms with Gasteiger partial charge in [-0.25, -0.2) is 0 Å². The third-order valence-electron chi connectivity index (χ3n) is 3.75. The summed E-state index contributed by atoms with van der Waals surface area (Å²) in [7, 11) is 0. The third-order valence-corrected chi connectivity index (χ3v) is 4.18. The molecule has 0 aromatic heterocycles. The van der Waals surface area contributed by atoms with Crippen LogP contribution in [-0.4, -0.2) is 17.3 Å². The van der Waals surface area contributed by atoms with Gasteiger partial charge in [0, 0.05) is 17.3 Å². The van der Waals surface area contributed by atoms with Crippen LogP contribution in [0.15, 0.2) is 0 Å². The fourth-order valence-electron chi connectivity index (χ4n) is 2.34. The topological polar surface area (TPSA) is 29.1 Å². The molecule has 0 saturated heterocycles. The van der Waals surface area contributed by atoms with Crippen LogP contribution in [0, 0.1) is 11.8 Å². The summed E-state index contributed by atoms with van der Waals surface area (Å²) < 4.78 is 0. The summed E-state index contributed by atoms with van der Waals surface area (Å²) in [4.78, 5) is 11.8. The third kappa shape index (κ3) is 3.10. The molecular weight excluding hydrogens is 210 g/mol. The highest BCUT2D eigenvalue weighted by atomic mass is 35.5. The van der Waals surface area contributed by atoms with Crippen LogP contribution >= 0.6 is 11.6 Å². The van der Waals surface area contributed by atoms with Gasteiger partial charge in [0.05, 0.1) is 0 Å². The molecule has 1 atom stereocenters. The molecule has 3 heteroatoms. The van der Waals surface area contributed by atoms with Crippen molar-refractivity contribution in [2.75, 3.05) is 0 Å². The van der Waals surface area contributed by atoms with Crippen LogP contribution < -0.4 is 5.32 Å². The number of amides is 1. The Kier molecular flexibility index (Phi) is 3.55. The summed E-state index contributed by atoms with van der Waals surface area (Å²) in [6.07, 6.45) is 6.68. The molecule has 0 spiro atoms. The van der Waals surface area contributed by atoms with Gasteiger partial charge in [-0.15, -0.1) is 11.6 Å². The van der Waals surface area contributed by atoms with E-state index in [0.29, 0.717) is 17.3 Å². The molecule has 1 unspecified atom stereocenters. The van der Waals surface area contributed by atoms with E-state index in [2.05, 4.69) is 12.2 Å². The first-order valence-corrected chi connectivity index (χ1v) is 6.55. The summed E-state index contributed by atoms with van der Waals surface area (Å²) in [5, 5.41) is 3.50. The highest BCUT2D eigenvalue weighted by molar-refractivity contribution is 6.20. The monoisotopic (exact) mass is 229 g/mol. The Morgan fingerprint density at radius 3 is 2.33 bits per heavy atom. The number of halogens is 1. The Morgan fingerprint density at radius 2 is 1.80 bits per heavy atom. The highest BCUT2D eigenvalue weighted by Gasteiger charge is 2.33. The van der Waals surface area contributed by atoms with E-state index < -0.39 is 0 Å². The van der Waals surface area contributed by atoms with E-state index >= 15 is 0 Å². The standard InChI is InChI=1S/C12H20ClNO/c1-8(9-2-3-9)12(15)14-11-6-4-10(13)5-7-11/h8-11H,2-7H2,1H3,(H,14,15). The fourth-order valence-corrected chi connectivity index (χ4v) is 2.59. The largest absolute Gasteiger partial charge is 0.353 e. The van der Waals surface area contributed by atoms with E-state index in [1.54, 1.807) is 0 Å². The predicted molar refractivity (Wildman–Crippen MR) is 61.9 cm³/mol. The first kappa shape index (κ1) is 11.3. The van der Waals surface area contributed by atoms with E-state index in [1.165, 1.54) is 12.8 Å². The molecular formula is C12H20ClNO. The van der Waals surface area contributed by atoms with Crippen molar-refractivity contribution in [3.05, 3.63) is 0 Å². The quantitative estimate of drug-likeness (QED) is 0.741. The predicted octanol–water partition coefficient (Wildman–Crippen LogP) is 2.70. The van der Waals surface area contributed by atoms with Gasteiger partial charge in [0.15, 0.2) is 0 Å². The van der Waals surface area contributed by atoms with E-state index in [1.807, 2.05) is 0 Å². The minimum absolute atomic E-state index is 0.221. The summed E-state index contributed by atoms with van der Waals surface area (Å²) in [6.45, 7) is 2.06. The summed E-state index contributed by atoms with van der Waals surface area (Å²) in [5.74, 6) is 1.14. The Morgan fingerprint density at radius 1 is 1.20 bits per heavy atom. The molecule has 2 aliphatic carbocycles. The van der Waals surface area contributed by atoms with Crippen molar-refractivity contribution in [1.29, 1.82) is 0 Å². The van der Waals surface area contributed by atoms with Gasteiger partial charge in [-0.1, -0.05) is 6.92 Å². The smallest absolute Gasteiger partial charge is 0.223 e. The van der Waals surface area contributed by atoms with Crippen molar-refractivity contribution in [3.63, 3.8) is 0 Å². The van der Waals surface area contributed by atoms with Gasteiger partial charge in [-0.3, -0.25) is 4.79 Å². The lowest BCUT2D eigenvalue weighted by atomic mass is 9.94. The van der Waals surface area contributed by atoms with Crippen LogP contribution in [0.2, 0.25) is 0 Å². The van der Waals surface area contributed by atoms with Crippen LogP contribution in [0.4, 0.5) is 0 Å². The SMILES string of the molecule is CC(C(=O)NC1CCC(Cl)CC1)C1CC1. The normalized spacial score (nSPS) is 33.5. The van der Waals surface area contributed by atoms with Crippen LogP contribution in [0.5, 0.6) is 0 Å². The molecule has 0 bridgehead atoms. The van der Waals surface area contributed by atoms with Gasteiger partial charge >= 0.3 is 0 Å². The van der Waals surface area contributed by atoms with Crippen molar-refractivity contribution in [3.8, 4) is 0 Å². The minimum Gasteiger partial charge on any atom is -0.353 e. The second-order valence-corrected chi connectivity index (χ2v) is 5.70. The van der Waals surface area contributed by atoms with Gasteiger partial charge in [0.25, 0.3) is 0 Å². The Hall–Kier alpha value is -0.240. The highest BCUT2D eigenvalue weighted by Crippen LogP contribution is 2.36. The molecule has 1 N–H and O–H groups in total. The van der Waals surface area contributed by atoms with E-state index in [4.69, 9.17) is 11.6 Å². The number of carbonyl (C=O) groups is 1. The van der Waals surface area contributed by atoms with Crippen LogP contribution in [0.3, 0.4) is 0 Å². The van der Waals surface area contributed by atoms with Gasteiger partial charge in [0.1, 0.15) is 0 Å². The van der Waals surface area contributed by atoms with Crippen LogP contribution in [0.25, 0.3) is 0 Å². The Balaban J connectivity index is 1.73. The Labute approximate surface area is 96.8 Å². The molecule has 2 aliphatic rings. The molecule has 86 valence electrons. The maximum atomic E-state index is 11.8. The molecule has 0 aromatic carbocycles. The molecule has 0 aliphatic heterocycles. The van der Waals surface area contributed by atoms with Gasteiger partial charge in [-0.05, 0) is 44.4 Å². The van der Waals surface area contributed by atoms with Gasteiger partial charge in [-0.2, -0.15) is 0 Å². The molecule has 1 amide bonds. The molecule has 2 nitrogen and oxygen atoms in total. The number of hydrogen-bond donors (Lipinski definition) is 1. The molecule has 15 heavy (non-hydrogen) atoms. The first-order chi connectivity index (χ1) is 7.16. The zero-order chi connectivity index (χ0) is 10.8. The number of hydrogen-bond acceptors (Lipinski definition) is 1. The van der Waals surface area contributed by atoms with Gasteiger partial charge < -0.3 is 5.32 Å². The molecule has 0 aromatic rings. The van der Waals surface area contributed by atoms with Gasteiger partial charge in [0.2, 0.25) is 5.91 Å². The van der Waals surface area contributed by atoms with Crippen molar-refractivity contribution in [1.82, 2.24) is 5.32 Å².